The normalized spacial score (nSPS) is 17.0. The van der Waals surface area contributed by atoms with Crippen molar-refractivity contribution in [2.45, 2.75) is 22.3 Å². The maximum absolute atomic E-state index is 10.8. The highest BCUT2D eigenvalue weighted by Crippen LogP contribution is 2.47. The van der Waals surface area contributed by atoms with Crippen molar-refractivity contribution in [1.82, 2.24) is 0 Å². The van der Waals surface area contributed by atoms with Crippen LogP contribution in [0.1, 0.15) is 17.2 Å². The lowest BCUT2D eigenvalue weighted by atomic mass is 9.91. The average Bonchev–Trinajstić information content (AvgIpc) is 3.36. The minimum absolute atomic E-state index is 0. The van der Waals surface area contributed by atoms with E-state index in [0.717, 1.165) is 45.5 Å². The highest BCUT2D eigenvalue weighted by atomic mass is 35.5. The molecule has 2 heterocycles. The molecule has 2 aliphatic heterocycles. The first-order valence-electron chi connectivity index (χ1n) is 11.6. The highest BCUT2D eigenvalue weighted by molar-refractivity contribution is 7.99. The van der Waals surface area contributed by atoms with Crippen molar-refractivity contribution >= 4 is 23.1 Å². The first-order chi connectivity index (χ1) is 17.5. The number of likely N-dealkylation sites (N-methyl/N-ethyl adjacent to an activating group) is 1. The fourth-order valence-corrected chi connectivity index (χ4v) is 5.25. The summed E-state index contributed by atoms with van der Waals surface area (Å²) in [5.41, 5.74) is 3.36. The summed E-state index contributed by atoms with van der Waals surface area (Å²) in [4.78, 5) is 13.7. The second-order valence-corrected chi connectivity index (χ2v) is 9.69. The summed E-state index contributed by atoms with van der Waals surface area (Å²) in [6.45, 7) is 1.71. The van der Waals surface area contributed by atoms with Gasteiger partial charge in [0, 0.05) is 34.0 Å². The van der Waals surface area contributed by atoms with Gasteiger partial charge in [-0.2, -0.15) is 0 Å². The number of hydrogen-bond acceptors (Lipinski definition) is 7. The van der Waals surface area contributed by atoms with Crippen molar-refractivity contribution in [2.24, 2.45) is 0 Å². The van der Waals surface area contributed by atoms with Gasteiger partial charge in [-0.15, -0.1) is 0 Å². The number of nitro groups is 1. The zero-order chi connectivity index (χ0) is 25.1. The number of hydrogen-bond donors (Lipinski definition) is 2. The molecule has 0 saturated carbocycles. The molecule has 0 radical (unpaired) electrons. The van der Waals surface area contributed by atoms with Gasteiger partial charge >= 0.3 is 0 Å². The molecule has 2 unspecified atom stereocenters. The van der Waals surface area contributed by atoms with Crippen LogP contribution in [0.3, 0.4) is 0 Å². The quantitative estimate of drug-likeness (QED) is 0.271. The number of benzene rings is 3. The molecule has 3 aromatic rings. The molecule has 10 heteroatoms. The monoisotopic (exact) mass is 539 g/mol. The fraction of sp³-hybridized carbons (Fsp3) is 0.259. The molecule has 0 saturated heterocycles. The molecule has 2 aliphatic rings. The maximum atomic E-state index is 10.8. The molecule has 0 bridgehead atoms. The summed E-state index contributed by atoms with van der Waals surface area (Å²) in [7, 11) is 3.82. The Balaban J connectivity index is 0.00000320. The van der Waals surface area contributed by atoms with E-state index >= 15 is 0 Å². The third-order valence-corrected chi connectivity index (χ3v) is 7.30. The van der Waals surface area contributed by atoms with Crippen LogP contribution < -0.4 is 36.8 Å². The van der Waals surface area contributed by atoms with Crippen molar-refractivity contribution < 1.29 is 36.4 Å². The van der Waals surface area contributed by atoms with Crippen molar-refractivity contribution in [1.29, 1.82) is 0 Å². The molecule has 8 nitrogen and oxygen atoms in total. The standard InChI is InChI=1S/C27H25N3O5S.ClH/c1-29-15-13-18-16-24-26(35-17-34-24)27(33-2)25(18)23(29)4-3-14-28-19-5-9-21(10-6-19)36-22-11-7-20(8-12-22)30(31)32;/h5-12,16,23,28H,13-15,17H2,1-2H3;1H. The summed E-state index contributed by atoms with van der Waals surface area (Å²) in [5, 5.41) is 14.2. The van der Waals surface area contributed by atoms with Crippen LogP contribution in [0.5, 0.6) is 17.2 Å². The Hall–Kier alpha value is -3.58. The summed E-state index contributed by atoms with van der Waals surface area (Å²) < 4.78 is 17.0. The molecule has 5 rings (SSSR count). The third-order valence-electron chi connectivity index (χ3n) is 6.28. The van der Waals surface area contributed by atoms with Gasteiger partial charge in [0.1, 0.15) is 0 Å². The van der Waals surface area contributed by atoms with E-state index in [0.29, 0.717) is 12.3 Å². The van der Waals surface area contributed by atoms with E-state index in [1.807, 2.05) is 24.3 Å². The number of quaternary nitrogens is 1. The lowest BCUT2D eigenvalue weighted by Crippen LogP contribution is -3.10. The second kappa shape index (κ2) is 11.6. The number of methoxy groups -OCH3 is 1. The van der Waals surface area contributed by atoms with E-state index in [9.17, 15) is 10.1 Å². The maximum Gasteiger partial charge on any atom is 0.269 e. The molecule has 2 atom stereocenters. The Bertz CT molecular complexity index is 1340. The molecule has 2 N–H and O–H groups in total. The van der Waals surface area contributed by atoms with Crippen LogP contribution in [-0.4, -0.2) is 39.0 Å². The van der Waals surface area contributed by atoms with Gasteiger partial charge in [0.15, 0.2) is 17.5 Å². The van der Waals surface area contributed by atoms with Gasteiger partial charge in [0.25, 0.3) is 5.69 Å². The van der Waals surface area contributed by atoms with Gasteiger partial charge in [-0.3, -0.25) is 10.1 Å². The fourth-order valence-electron chi connectivity index (χ4n) is 4.43. The number of anilines is 1. The van der Waals surface area contributed by atoms with Crippen LogP contribution in [0.2, 0.25) is 0 Å². The van der Waals surface area contributed by atoms with Crippen LogP contribution in [0.25, 0.3) is 0 Å². The number of nitrogens with one attached hydrogen (secondary N) is 2. The van der Waals surface area contributed by atoms with E-state index in [-0.39, 0.29) is 30.9 Å². The zero-order valence-electron chi connectivity index (χ0n) is 20.4. The van der Waals surface area contributed by atoms with Gasteiger partial charge in [-0.1, -0.05) is 17.7 Å². The van der Waals surface area contributed by atoms with E-state index in [1.54, 1.807) is 31.0 Å². The second-order valence-electron chi connectivity index (χ2n) is 8.55. The lowest BCUT2D eigenvalue weighted by Gasteiger charge is -2.30. The Kier molecular flexibility index (Phi) is 8.34. The van der Waals surface area contributed by atoms with Gasteiger partial charge in [-0.25, -0.2) is 0 Å². The SMILES string of the molecule is COc1c2c(cc3c1C(C#CCNc1ccc(Sc4ccc([N+](=O)[O-])cc4)cc1)[NH+](C)CC3)OCO2.[Cl-]. The molecular formula is C27H26ClN3O5S. The third kappa shape index (κ3) is 5.72. The van der Waals surface area contributed by atoms with Crippen LogP contribution >= 0.6 is 11.8 Å². The molecule has 192 valence electrons. The average molecular weight is 540 g/mol. The number of nitro benzene ring substituents is 1. The Labute approximate surface area is 225 Å². The van der Waals surface area contributed by atoms with E-state index in [2.05, 4.69) is 30.3 Å². The van der Waals surface area contributed by atoms with E-state index < -0.39 is 4.92 Å². The lowest BCUT2D eigenvalue weighted by molar-refractivity contribution is -0.905. The molecule has 0 fully saturated rings. The molecular weight excluding hydrogens is 514 g/mol. The number of fused-ring (bicyclic) bond motifs is 2. The minimum atomic E-state index is -0.393. The first-order valence-corrected chi connectivity index (χ1v) is 12.4. The molecule has 37 heavy (non-hydrogen) atoms. The number of nitrogens with zero attached hydrogens (tertiary/aromatic N) is 1. The minimum Gasteiger partial charge on any atom is -1.00 e. The Morgan fingerprint density at radius 3 is 2.54 bits per heavy atom. The topological polar surface area (TPSA) is 87.3 Å². The zero-order valence-corrected chi connectivity index (χ0v) is 21.9. The predicted octanol–water partition coefficient (Wildman–Crippen LogP) is 0.715. The van der Waals surface area contributed by atoms with Crippen LogP contribution in [0.15, 0.2) is 64.4 Å². The van der Waals surface area contributed by atoms with E-state index in [1.165, 1.54) is 22.6 Å². The summed E-state index contributed by atoms with van der Waals surface area (Å²) >= 11 is 1.56. The van der Waals surface area contributed by atoms with Crippen LogP contribution in [-0.2, 0) is 6.42 Å². The van der Waals surface area contributed by atoms with Crippen molar-refractivity contribution in [3.63, 3.8) is 0 Å². The summed E-state index contributed by atoms with van der Waals surface area (Å²) in [5.74, 6) is 8.88. The first kappa shape index (κ1) is 26.5. The van der Waals surface area contributed by atoms with Crippen molar-refractivity contribution in [3.8, 4) is 29.1 Å². The number of halogens is 1. The molecule has 0 aliphatic carbocycles. The van der Waals surface area contributed by atoms with Gasteiger partial charge in [-0.05, 0) is 53.9 Å². The number of ether oxygens (including phenoxy) is 3. The molecule has 0 amide bonds. The van der Waals surface area contributed by atoms with Gasteiger partial charge in [0.05, 0.1) is 37.7 Å². The molecule has 3 aromatic carbocycles. The molecule has 0 spiro atoms. The summed E-state index contributed by atoms with van der Waals surface area (Å²) in [6.07, 6.45) is 0.939. The van der Waals surface area contributed by atoms with Gasteiger partial charge < -0.3 is 36.8 Å². The van der Waals surface area contributed by atoms with E-state index in [4.69, 9.17) is 14.2 Å². The Morgan fingerprint density at radius 1 is 1.16 bits per heavy atom. The summed E-state index contributed by atoms with van der Waals surface area (Å²) in [6, 6.07) is 16.7. The van der Waals surface area contributed by atoms with Crippen LogP contribution in [0, 0.1) is 22.0 Å². The smallest absolute Gasteiger partial charge is 0.269 e. The van der Waals surface area contributed by atoms with Crippen LogP contribution in [0.4, 0.5) is 11.4 Å². The number of non-ortho nitro benzene ring substituents is 1. The van der Waals surface area contributed by atoms with Gasteiger partial charge in [0.2, 0.25) is 12.5 Å². The van der Waals surface area contributed by atoms with Crippen molar-refractivity contribution in [3.05, 3.63) is 75.8 Å². The predicted molar refractivity (Wildman–Crippen MR) is 137 cm³/mol. The largest absolute Gasteiger partial charge is 1.00 e. The number of rotatable bonds is 6. The van der Waals surface area contributed by atoms with Crippen molar-refractivity contribution in [2.75, 3.05) is 39.4 Å². The molecule has 0 aromatic heterocycles. The highest BCUT2D eigenvalue weighted by Gasteiger charge is 2.35. The Morgan fingerprint density at radius 2 is 1.86 bits per heavy atom.